The molecule has 1 saturated heterocycles. The first-order chi connectivity index (χ1) is 12.7. The Morgan fingerprint density at radius 3 is 2.12 bits per heavy atom. The fourth-order valence-corrected chi connectivity index (χ4v) is 3.92. The zero-order chi connectivity index (χ0) is 17.9. The number of benzene rings is 3. The van der Waals surface area contributed by atoms with E-state index in [-0.39, 0.29) is 17.7 Å². The quantitative estimate of drug-likeness (QED) is 0.655. The van der Waals surface area contributed by atoms with E-state index >= 15 is 0 Å². The molecule has 2 heteroatoms. The molecule has 1 heterocycles. The zero-order valence-corrected chi connectivity index (χ0v) is 15.0. The highest BCUT2D eigenvalue weighted by molar-refractivity contribution is 6.00. The van der Waals surface area contributed by atoms with Crippen LogP contribution in [0, 0.1) is 12.8 Å². The van der Waals surface area contributed by atoms with Crippen molar-refractivity contribution in [2.45, 2.75) is 19.3 Å². The van der Waals surface area contributed by atoms with E-state index in [1.54, 1.807) is 0 Å². The Hall–Kier alpha value is -2.87. The van der Waals surface area contributed by atoms with Gasteiger partial charge in [0.25, 0.3) is 0 Å². The summed E-state index contributed by atoms with van der Waals surface area (Å²) in [6.45, 7) is 2.86. The number of anilines is 1. The normalized spacial score (nSPS) is 19.7. The topological polar surface area (TPSA) is 20.3 Å². The van der Waals surface area contributed by atoms with Crippen LogP contribution in [-0.4, -0.2) is 12.5 Å². The number of carbonyl (C=O) groups is 1. The van der Waals surface area contributed by atoms with Crippen LogP contribution in [0.5, 0.6) is 0 Å². The van der Waals surface area contributed by atoms with Gasteiger partial charge in [-0.15, -0.1) is 0 Å². The third-order valence-corrected chi connectivity index (χ3v) is 5.27. The first-order valence-corrected chi connectivity index (χ1v) is 9.19. The lowest BCUT2D eigenvalue weighted by atomic mass is 9.84. The molecule has 1 aliphatic rings. The monoisotopic (exact) mass is 341 g/mol. The predicted octanol–water partition coefficient (Wildman–Crippen LogP) is 4.98. The first-order valence-electron chi connectivity index (χ1n) is 9.19. The molecule has 0 spiro atoms. The van der Waals surface area contributed by atoms with Crippen LogP contribution in [0.1, 0.15) is 22.6 Å². The number of nitrogens with zero attached hydrogens (tertiary/aromatic N) is 1. The van der Waals surface area contributed by atoms with Crippen LogP contribution < -0.4 is 4.90 Å². The van der Waals surface area contributed by atoms with Crippen LogP contribution >= 0.6 is 0 Å². The lowest BCUT2D eigenvalue weighted by molar-refractivity contribution is -0.118. The Kier molecular flexibility index (Phi) is 4.57. The van der Waals surface area contributed by atoms with Gasteiger partial charge in [0.1, 0.15) is 0 Å². The van der Waals surface area contributed by atoms with E-state index in [2.05, 4.69) is 43.3 Å². The molecule has 0 radical (unpaired) electrons. The minimum absolute atomic E-state index is 0.0855. The summed E-state index contributed by atoms with van der Waals surface area (Å²) in [7, 11) is 0. The van der Waals surface area contributed by atoms with Gasteiger partial charge in [-0.1, -0.05) is 78.4 Å². The molecule has 3 aromatic rings. The Morgan fingerprint density at radius 2 is 1.46 bits per heavy atom. The minimum Gasteiger partial charge on any atom is -0.312 e. The summed E-state index contributed by atoms with van der Waals surface area (Å²) in [6.07, 6.45) is 0.912. The molecule has 0 unspecified atom stereocenters. The minimum atomic E-state index is -0.0855. The number of hydrogen-bond donors (Lipinski definition) is 0. The van der Waals surface area contributed by atoms with Gasteiger partial charge in [-0.25, -0.2) is 0 Å². The summed E-state index contributed by atoms with van der Waals surface area (Å²) in [6, 6.07) is 28.9. The maximum absolute atomic E-state index is 13.3. The summed E-state index contributed by atoms with van der Waals surface area (Å²) in [5.74, 6) is 0.394. The van der Waals surface area contributed by atoms with Gasteiger partial charge in [-0.3, -0.25) is 4.79 Å². The van der Waals surface area contributed by atoms with Crippen molar-refractivity contribution < 1.29 is 4.79 Å². The molecular weight excluding hydrogens is 318 g/mol. The average molecular weight is 341 g/mol. The molecule has 0 aromatic heterocycles. The van der Waals surface area contributed by atoms with E-state index in [1.165, 1.54) is 11.1 Å². The Bertz CT molecular complexity index is 871. The SMILES string of the molecule is Cc1ccc(C[C@@H]2CN(c3ccccc3)C(=O)[C@H]2c2ccccc2)cc1. The summed E-state index contributed by atoms with van der Waals surface area (Å²) in [5.41, 5.74) is 4.67. The Balaban J connectivity index is 1.67. The van der Waals surface area contributed by atoms with Gasteiger partial charge in [0.05, 0.1) is 5.92 Å². The van der Waals surface area contributed by atoms with Crippen LogP contribution in [0.2, 0.25) is 0 Å². The second-order valence-corrected chi connectivity index (χ2v) is 7.12. The number of rotatable bonds is 4. The van der Waals surface area contributed by atoms with Crippen LogP contribution in [0.3, 0.4) is 0 Å². The van der Waals surface area contributed by atoms with Crippen LogP contribution in [0.4, 0.5) is 5.69 Å². The molecular formula is C24H23NO. The molecule has 0 N–H and O–H groups in total. The summed E-state index contributed by atoms with van der Waals surface area (Å²) < 4.78 is 0. The molecule has 130 valence electrons. The predicted molar refractivity (Wildman–Crippen MR) is 106 cm³/mol. The molecule has 26 heavy (non-hydrogen) atoms. The number of aryl methyl sites for hydroxylation is 1. The second-order valence-electron chi connectivity index (χ2n) is 7.12. The fourth-order valence-electron chi connectivity index (χ4n) is 3.92. The molecule has 2 atom stereocenters. The molecule has 1 amide bonds. The molecule has 3 aromatic carbocycles. The van der Waals surface area contributed by atoms with E-state index in [4.69, 9.17) is 0 Å². The van der Waals surface area contributed by atoms with Crippen molar-refractivity contribution in [3.05, 3.63) is 102 Å². The molecule has 4 rings (SSSR count). The van der Waals surface area contributed by atoms with Crippen molar-refractivity contribution in [3.8, 4) is 0 Å². The van der Waals surface area contributed by atoms with Gasteiger partial charge in [0.15, 0.2) is 0 Å². The first kappa shape index (κ1) is 16.6. The van der Waals surface area contributed by atoms with E-state index in [0.717, 1.165) is 24.2 Å². The highest BCUT2D eigenvalue weighted by Gasteiger charge is 2.41. The van der Waals surface area contributed by atoms with Crippen LogP contribution in [0.25, 0.3) is 0 Å². The number of carbonyl (C=O) groups excluding carboxylic acids is 1. The maximum Gasteiger partial charge on any atom is 0.234 e. The molecule has 1 aliphatic heterocycles. The second kappa shape index (κ2) is 7.17. The fraction of sp³-hybridized carbons (Fsp3) is 0.208. The van der Waals surface area contributed by atoms with Crippen molar-refractivity contribution in [1.29, 1.82) is 0 Å². The smallest absolute Gasteiger partial charge is 0.234 e. The van der Waals surface area contributed by atoms with Gasteiger partial charge in [-0.05, 0) is 42.5 Å². The van der Waals surface area contributed by atoms with E-state index in [9.17, 15) is 4.79 Å². The highest BCUT2D eigenvalue weighted by atomic mass is 16.2. The average Bonchev–Trinajstić information content (AvgIpc) is 3.01. The van der Waals surface area contributed by atoms with Gasteiger partial charge < -0.3 is 4.90 Å². The molecule has 1 fully saturated rings. The van der Waals surface area contributed by atoms with Gasteiger partial charge in [0, 0.05) is 12.2 Å². The standard InChI is InChI=1S/C24H23NO/c1-18-12-14-19(15-13-18)16-21-17-25(22-10-6-3-7-11-22)24(26)23(21)20-8-4-2-5-9-20/h2-15,21,23H,16-17H2,1H3/t21-,23+/m1/s1. The lowest BCUT2D eigenvalue weighted by Gasteiger charge is -2.17. The number of para-hydroxylation sites is 1. The van der Waals surface area contributed by atoms with Crippen molar-refractivity contribution in [3.63, 3.8) is 0 Å². The molecule has 0 saturated carbocycles. The molecule has 2 nitrogen and oxygen atoms in total. The number of amides is 1. The third kappa shape index (κ3) is 3.28. The van der Waals surface area contributed by atoms with Crippen LogP contribution in [0.15, 0.2) is 84.9 Å². The van der Waals surface area contributed by atoms with Gasteiger partial charge >= 0.3 is 0 Å². The molecule has 0 bridgehead atoms. The van der Waals surface area contributed by atoms with Gasteiger partial charge in [0.2, 0.25) is 5.91 Å². The van der Waals surface area contributed by atoms with E-state index in [1.807, 2.05) is 53.4 Å². The largest absolute Gasteiger partial charge is 0.312 e. The Morgan fingerprint density at radius 1 is 0.846 bits per heavy atom. The van der Waals surface area contributed by atoms with Crippen molar-refractivity contribution in [2.75, 3.05) is 11.4 Å². The summed E-state index contributed by atoms with van der Waals surface area (Å²) in [5, 5.41) is 0. The van der Waals surface area contributed by atoms with Crippen molar-refractivity contribution in [2.24, 2.45) is 5.92 Å². The zero-order valence-electron chi connectivity index (χ0n) is 15.0. The number of hydrogen-bond acceptors (Lipinski definition) is 1. The third-order valence-electron chi connectivity index (χ3n) is 5.27. The van der Waals surface area contributed by atoms with E-state index < -0.39 is 0 Å². The van der Waals surface area contributed by atoms with Crippen molar-refractivity contribution in [1.82, 2.24) is 0 Å². The summed E-state index contributed by atoms with van der Waals surface area (Å²) >= 11 is 0. The van der Waals surface area contributed by atoms with Crippen molar-refractivity contribution >= 4 is 11.6 Å². The maximum atomic E-state index is 13.3. The van der Waals surface area contributed by atoms with E-state index in [0.29, 0.717) is 0 Å². The Labute approximate surface area is 155 Å². The van der Waals surface area contributed by atoms with Gasteiger partial charge in [-0.2, -0.15) is 0 Å². The van der Waals surface area contributed by atoms with Crippen LogP contribution in [-0.2, 0) is 11.2 Å². The highest BCUT2D eigenvalue weighted by Crippen LogP contribution is 2.38. The summed E-state index contributed by atoms with van der Waals surface area (Å²) in [4.78, 5) is 15.2. The molecule has 0 aliphatic carbocycles. The lowest BCUT2D eigenvalue weighted by Crippen LogP contribution is -2.26.